The molecule has 25 heavy (non-hydrogen) atoms. The van der Waals surface area contributed by atoms with Crippen LogP contribution in [0.25, 0.3) is 0 Å². The molecule has 6 nitrogen and oxygen atoms in total. The lowest BCUT2D eigenvalue weighted by atomic mass is 9.96. The van der Waals surface area contributed by atoms with E-state index in [2.05, 4.69) is 39.9 Å². The minimum absolute atomic E-state index is 0.00744. The van der Waals surface area contributed by atoms with Crippen molar-refractivity contribution in [2.24, 2.45) is 0 Å². The number of carbonyl (C=O) groups excluding carboxylic acids is 1. The van der Waals surface area contributed by atoms with Crippen molar-refractivity contribution in [3.63, 3.8) is 0 Å². The number of amides is 1. The van der Waals surface area contributed by atoms with Crippen LogP contribution in [0, 0.1) is 0 Å². The number of carbonyl (C=O) groups is 1. The molecule has 1 aliphatic heterocycles. The SMILES string of the molecule is CC(C)c1nc(CCNC(=O)Cn2nccc2[C@@H]2CCCNC2)cs1. The quantitative estimate of drug-likeness (QED) is 0.794. The second kappa shape index (κ2) is 8.58. The van der Waals surface area contributed by atoms with Crippen molar-refractivity contribution in [1.29, 1.82) is 0 Å². The van der Waals surface area contributed by atoms with Crippen LogP contribution in [0.1, 0.15) is 54.9 Å². The monoisotopic (exact) mass is 361 g/mol. The summed E-state index contributed by atoms with van der Waals surface area (Å²) in [5.41, 5.74) is 2.21. The van der Waals surface area contributed by atoms with E-state index in [9.17, 15) is 4.79 Å². The smallest absolute Gasteiger partial charge is 0.241 e. The van der Waals surface area contributed by atoms with Gasteiger partial charge in [-0.3, -0.25) is 9.48 Å². The number of rotatable bonds is 7. The molecule has 1 saturated heterocycles. The number of nitrogens with zero attached hydrogens (tertiary/aromatic N) is 3. The number of hydrogen-bond donors (Lipinski definition) is 2. The highest BCUT2D eigenvalue weighted by Crippen LogP contribution is 2.22. The van der Waals surface area contributed by atoms with E-state index >= 15 is 0 Å². The molecule has 0 unspecified atom stereocenters. The first kappa shape index (κ1) is 18.1. The summed E-state index contributed by atoms with van der Waals surface area (Å²) in [5.74, 6) is 0.919. The first-order valence-corrected chi connectivity index (χ1v) is 9.95. The van der Waals surface area contributed by atoms with Crippen molar-refractivity contribution in [3.8, 4) is 0 Å². The molecular weight excluding hydrogens is 334 g/mol. The molecule has 7 heteroatoms. The van der Waals surface area contributed by atoms with Crippen LogP contribution in [0.5, 0.6) is 0 Å². The average molecular weight is 362 g/mol. The second-order valence-electron chi connectivity index (χ2n) is 6.89. The zero-order valence-corrected chi connectivity index (χ0v) is 15.8. The van der Waals surface area contributed by atoms with Crippen LogP contribution < -0.4 is 10.6 Å². The lowest BCUT2D eigenvalue weighted by Gasteiger charge is -2.23. The standard InChI is InChI=1S/C18H27N5OS/c1-13(2)18-22-15(12-25-18)5-8-20-17(24)11-23-16(6-9-21-23)14-4-3-7-19-10-14/h6,9,12-14,19H,3-5,7-8,10-11H2,1-2H3,(H,20,24)/t14-/m1/s1. The van der Waals surface area contributed by atoms with Gasteiger partial charge in [-0.25, -0.2) is 4.98 Å². The molecule has 3 heterocycles. The average Bonchev–Trinajstić information content (AvgIpc) is 3.25. The number of piperidine rings is 1. The Kier molecular flexibility index (Phi) is 6.20. The Morgan fingerprint density at radius 3 is 3.12 bits per heavy atom. The summed E-state index contributed by atoms with van der Waals surface area (Å²) in [6, 6.07) is 2.04. The normalized spacial score (nSPS) is 17.8. The fourth-order valence-electron chi connectivity index (χ4n) is 3.15. The van der Waals surface area contributed by atoms with Gasteiger partial charge in [0.25, 0.3) is 0 Å². The summed E-state index contributed by atoms with van der Waals surface area (Å²) in [5, 5.41) is 14.0. The van der Waals surface area contributed by atoms with Crippen LogP contribution >= 0.6 is 11.3 Å². The molecule has 136 valence electrons. The predicted molar refractivity (Wildman–Crippen MR) is 100.0 cm³/mol. The van der Waals surface area contributed by atoms with Gasteiger partial charge in [0.1, 0.15) is 6.54 Å². The highest BCUT2D eigenvalue weighted by molar-refractivity contribution is 7.09. The van der Waals surface area contributed by atoms with Crippen LogP contribution in [0.3, 0.4) is 0 Å². The van der Waals surface area contributed by atoms with Gasteiger partial charge in [-0.2, -0.15) is 5.10 Å². The highest BCUT2D eigenvalue weighted by Gasteiger charge is 2.19. The summed E-state index contributed by atoms with van der Waals surface area (Å²) in [7, 11) is 0. The molecule has 1 amide bonds. The van der Waals surface area contributed by atoms with Crippen LogP contribution in [0.15, 0.2) is 17.6 Å². The van der Waals surface area contributed by atoms with Crippen LogP contribution in [0.2, 0.25) is 0 Å². The third-order valence-corrected chi connectivity index (χ3v) is 5.72. The molecule has 0 bridgehead atoms. The van der Waals surface area contributed by atoms with Crippen molar-refractivity contribution >= 4 is 17.2 Å². The maximum atomic E-state index is 12.2. The third kappa shape index (κ3) is 4.89. The molecular formula is C18H27N5OS. The Bertz CT molecular complexity index is 687. The molecule has 1 fully saturated rings. The number of nitrogens with one attached hydrogen (secondary N) is 2. The number of thiazole rings is 1. The minimum atomic E-state index is 0.00744. The Balaban J connectivity index is 1.47. The summed E-state index contributed by atoms with van der Waals surface area (Å²) < 4.78 is 1.84. The van der Waals surface area contributed by atoms with Crippen LogP contribution in [-0.2, 0) is 17.8 Å². The van der Waals surface area contributed by atoms with E-state index in [1.54, 1.807) is 17.5 Å². The fraction of sp³-hybridized carbons (Fsp3) is 0.611. The molecule has 2 aromatic heterocycles. The lowest BCUT2D eigenvalue weighted by Crippen LogP contribution is -2.33. The van der Waals surface area contributed by atoms with Crippen molar-refractivity contribution in [1.82, 2.24) is 25.4 Å². The highest BCUT2D eigenvalue weighted by atomic mass is 32.1. The van der Waals surface area contributed by atoms with Gasteiger partial charge in [0, 0.05) is 48.6 Å². The first-order chi connectivity index (χ1) is 12.1. The van der Waals surface area contributed by atoms with E-state index in [4.69, 9.17) is 0 Å². The topological polar surface area (TPSA) is 71.8 Å². The van der Waals surface area contributed by atoms with Gasteiger partial charge in [0.05, 0.1) is 10.7 Å². The van der Waals surface area contributed by atoms with E-state index in [0.717, 1.165) is 42.3 Å². The molecule has 2 aromatic rings. The Hall–Kier alpha value is -1.73. The molecule has 1 atom stereocenters. The Morgan fingerprint density at radius 1 is 1.52 bits per heavy atom. The zero-order valence-electron chi connectivity index (χ0n) is 15.0. The number of hydrogen-bond acceptors (Lipinski definition) is 5. The van der Waals surface area contributed by atoms with Crippen molar-refractivity contribution in [3.05, 3.63) is 34.0 Å². The second-order valence-corrected chi connectivity index (χ2v) is 7.78. The van der Waals surface area contributed by atoms with Gasteiger partial charge < -0.3 is 10.6 Å². The Labute approximate surface area is 153 Å². The van der Waals surface area contributed by atoms with E-state index in [1.807, 2.05) is 10.7 Å². The summed E-state index contributed by atoms with van der Waals surface area (Å²) in [6.45, 7) is 7.24. The van der Waals surface area contributed by atoms with Crippen molar-refractivity contribution < 1.29 is 4.79 Å². The van der Waals surface area contributed by atoms with Gasteiger partial charge in [-0.05, 0) is 25.5 Å². The Morgan fingerprint density at radius 2 is 2.40 bits per heavy atom. The number of aromatic nitrogens is 3. The van der Waals surface area contributed by atoms with Gasteiger partial charge in [0.2, 0.25) is 5.91 Å². The van der Waals surface area contributed by atoms with Gasteiger partial charge >= 0.3 is 0 Å². The first-order valence-electron chi connectivity index (χ1n) is 9.07. The summed E-state index contributed by atoms with van der Waals surface area (Å²) >= 11 is 1.69. The van der Waals surface area contributed by atoms with Crippen molar-refractivity contribution in [2.45, 2.75) is 51.5 Å². The maximum Gasteiger partial charge on any atom is 0.241 e. The molecule has 0 saturated carbocycles. The van der Waals surface area contributed by atoms with E-state index in [1.165, 1.54) is 6.42 Å². The third-order valence-electron chi connectivity index (χ3n) is 4.52. The van der Waals surface area contributed by atoms with Gasteiger partial charge in [-0.1, -0.05) is 13.8 Å². The van der Waals surface area contributed by atoms with Crippen molar-refractivity contribution in [2.75, 3.05) is 19.6 Å². The minimum Gasteiger partial charge on any atom is -0.354 e. The zero-order chi connectivity index (χ0) is 17.6. The van der Waals surface area contributed by atoms with E-state index < -0.39 is 0 Å². The van der Waals surface area contributed by atoms with E-state index in [0.29, 0.717) is 18.4 Å². The van der Waals surface area contributed by atoms with Crippen LogP contribution in [0.4, 0.5) is 0 Å². The fourth-order valence-corrected chi connectivity index (χ4v) is 4.02. The van der Waals surface area contributed by atoms with Gasteiger partial charge in [-0.15, -0.1) is 11.3 Å². The molecule has 2 N–H and O–H groups in total. The van der Waals surface area contributed by atoms with E-state index in [-0.39, 0.29) is 12.5 Å². The summed E-state index contributed by atoms with van der Waals surface area (Å²) in [6.07, 6.45) is 4.89. The largest absolute Gasteiger partial charge is 0.354 e. The summed E-state index contributed by atoms with van der Waals surface area (Å²) in [4.78, 5) is 16.8. The molecule has 3 rings (SSSR count). The molecule has 0 spiro atoms. The molecule has 1 aliphatic rings. The lowest BCUT2D eigenvalue weighted by molar-refractivity contribution is -0.121. The van der Waals surface area contributed by atoms with Gasteiger partial charge in [0.15, 0.2) is 0 Å². The molecule has 0 aromatic carbocycles. The molecule has 0 radical (unpaired) electrons. The van der Waals surface area contributed by atoms with Crippen LogP contribution in [-0.4, -0.2) is 40.3 Å². The maximum absolute atomic E-state index is 12.2. The molecule has 0 aliphatic carbocycles. The predicted octanol–water partition coefficient (Wildman–Crippen LogP) is 2.29.